The highest BCUT2D eigenvalue weighted by Gasteiger charge is 2.17. The Bertz CT molecular complexity index is 369. The second-order valence-corrected chi connectivity index (χ2v) is 4.99. The highest BCUT2D eigenvalue weighted by atomic mass is 14.9. The van der Waals surface area contributed by atoms with Gasteiger partial charge in [-0.15, -0.1) is 0 Å². The molecular formula is C14H20N2. The van der Waals surface area contributed by atoms with E-state index in [0.717, 1.165) is 25.7 Å². The summed E-state index contributed by atoms with van der Waals surface area (Å²) < 4.78 is 0. The van der Waals surface area contributed by atoms with Crippen LogP contribution in [0.3, 0.4) is 0 Å². The Hall–Kier alpha value is -0.860. The average Bonchev–Trinajstić information content (AvgIpc) is 2.70. The Morgan fingerprint density at radius 2 is 2.19 bits per heavy atom. The van der Waals surface area contributed by atoms with Crippen LogP contribution in [-0.4, -0.2) is 12.6 Å². The molecule has 2 N–H and O–H groups in total. The number of benzene rings is 1. The molecule has 1 aliphatic heterocycles. The molecule has 16 heavy (non-hydrogen) atoms. The molecule has 1 aromatic carbocycles. The van der Waals surface area contributed by atoms with Crippen LogP contribution in [0.25, 0.3) is 0 Å². The number of nitrogens with one attached hydrogen (secondary N) is 2. The summed E-state index contributed by atoms with van der Waals surface area (Å²) in [4.78, 5) is 0. The first-order valence-corrected chi connectivity index (χ1v) is 6.47. The molecule has 0 saturated heterocycles. The van der Waals surface area contributed by atoms with Crippen LogP contribution in [0, 0.1) is 0 Å². The summed E-state index contributed by atoms with van der Waals surface area (Å²) in [6.45, 7) is 3.26. The van der Waals surface area contributed by atoms with E-state index in [4.69, 9.17) is 0 Å². The van der Waals surface area contributed by atoms with E-state index < -0.39 is 0 Å². The van der Waals surface area contributed by atoms with Crippen LogP contribution < -0.4 is 10.6 Å². The highest BCUT2D eigenvalue weighted by molar-refractivity contribution is 5.37. The molecule has 0 bridgehead atoms. The SMILES string of the molecule is c1cc(CCNC2CCC2)c2c(c1)CNC2. The van der Waals surface area contributed by atoms with Crippen molar-refractivity contribution < 1.29 is 0 Å². The van der Waals surface area contributed by atoms with Gasteiger partial charge in [0.1, 0.15) is 0 Å². The molecule has 0 spiro atoms. The Morgan fingerprint density at radius 1 is 1.25 bits per heavy atom. The largest absolute Gasteiger partial charge is 0.314 e. The molecule has 1 fully saturated rings. The Kier molecular flexibility index (Phi) is 2.94. The van der Waals surface area contributed by atoms with Gasteiger partial charge in [-0.25, -0.2) is 0 Å². The van der Waals surface area contributed by atoms with E-state index in [0.29, 0.717) is 0 Å². The van der Waals surface area contributed by atoms with E-state index in [-0.39, 0.29) is 0 Å². The molecule has 2 nitrogen and oxygen atoms in total. The minimum Gasteiger partial charge on any atom is -0.314 e. The van der Waals surface area contributed by atoms with Gasteiger partial charge in [0.05, 0.1) is 0 Å². The Balaban J connectivity index is 1.59. The fraction of sp³-hybridized carbons (Fsp3) is 0.571. The number of hydrogen-bond acceptors (Lipinski definition) is 2. The normalized spacial score (nSPS) is 19.5. The van der Waals surface area contributed by atoms with Gasteiger partial charge < -0.3 is 10.6 Å². The van der Waals surface area contributed by atoms with E-state index in [1.54, 1.807) is 5.56 Å². The van der Waals surface area contributed by atoms with E-state index in [1.165, 1.54) is 36.8 Å². The van der Waals surface area contributed by atoms with Gasteiger partial charge in [0.15, 0.2) is 0 Å². The van der Waals surface area contributed by atoms with Gasteiger partial charge in [-0.1, -0.05) is 24.6 Å². The Morgan fingerprint density at radius 3 is 3.00 bits per heavy atom. The maximum atomic E-state index is 3.64. The van der Waals surface area contributed by atoms with Crippen LogP contribution in [-0.2, 0) is 19.5 Å². The predicted octanol–water partition coefficient (Wildman–Crippen LogP) is 1.97. The standard InChI is InChI=1S/C14H20N2/c1-3-11(7-8-16-13-5-2-6-13)14-10-15-9-12(14)4-1/h1,3-4,13,15-16H,2,5-10H2. The monoisotopic (exact) mass is 216 g/mol. The lowest BCUT2D eigenvalue weighted by Crippen LogP contribution is -2.36. The van der Waals surface area contributed by atoms with Crippen LogP contribution in [0.15, 0.2) is 18.2 Å². The first-order valence-electron chi connectivity index (χ1n) is 6.47. The average molecular weight is 216 g/mol. The number of rotatable bonds is 4. The van der Waals surface area contributed by atoms with Crippen molar-refractivity contribution in [2.45, 2.75) is 44.8 Å². The van der Waals surface area contributed by atoms with Gasteiger partial charge >= 0.3 is 0 Å². The minimum atomic E-state index is 0.815. The van der Waals surface area contributed by atoms with Crippen molar-refractivity contribution >= 4 is 0 Å². The van der Waals surface area contributed by atoms with Crippen molar-refractivity contribution in [3.63, 3.8) is 0 Å². The molecule has 1 heterocycles. The summed E-state index contributed by atoms with van der Waals surface area (Å²) in [5.74, 6) is 0. The van der Waals surface area contributed by atoms with Gasteiger partial charge in [-0.05, 0) is 42.5 Å². The van der Waals surface area contributed by atoms with Gasteiger partial charge in [0, 0.05) is 19.1 Å². The van der Waals surface area contributed by atoms with Crippen LogP contribution >= 0.6 is 0 Å². The van der Waals surface area contributed by atoms with Crippen molar-refractivity contribution in [1.29, 1.82) is 0 Å². The molecular weight excluding hydrogens is 196 g/mol. The second-order valence-electron chi connectivity index (χ2n) is 4.99. The van der Waals surface area contributed by atoms with E-state index >= 15 is 0 Å². The third-order valence-electron chi connectivity index (χ3n) is 3.92. The van der Waals surface area contributed by atoms with Crippen molar-refractivity contribution in [3.8, 4) is 0 Å². The summed E-state index contributed by atoms with van der Waals surface area (Å²) in [5.41, 5.74) is 4.59. The summed E-state index contributed by atoms with van der Waals surface area (Å²) in [6.07, 6.45) is 5.37. The van der Waals surface area contributed by atoms with Crippen LogP contribution in [0.2, 0.25) is 0 Å². The maximum Gasteiger partial charge on any atom is 0.0214 e. The lowest BCUT2D eigenvalue weighted by Gasteiger charge is -2.26. The molecule has 0 unspecified atom stereocenters. The quantitative estimate of drug-likeness (QED) is 0.804. The number of fused-ring (bicyclic) bond motifs is 1. The molecule has 0 aromatic heterocycles. The van der Waals surface area contributed by atoms with Gasteiger partial charge in [0.25, 0.3) is 0 Å². The van der Waals surface area contributed by atoms with Crippen molar-refractivity contribution in [1.82, 2.24) is 10.6 Å². The molecule has 0 radical (unpaired) electrons. The van der Waals surface area contributed by atoms with Crippen molar-refractivity contribution in [3.05, 3.63) is 34.9 Å². The third kappa shape index (κ3) is 2.00. The summed E-state index contributed by atoms with van der Waals surface area (Å²) in [6, 6.07) is 7.55. The van der Waals surface area contributed by atoms with Crippen LogP contribution in [0.4, 0.5) is 0 Å². The van der Waals surface area contributed by atoms with E-state index in [9.17, 15) is 0 Å². The third-order valence-corrected chi connectivity index (χ3v) is 3.92. The van der Waals surface area contributed by atoms with Crippen LogP contribution in [0.5, 0.6) is 0 Å². The minimum absolute atomic E-state index is 0.815. The van der Waals surface area contributed by atoms with Gasteiger partial charge in [-0.3, -0.25) is 0 Å². The summed E-state index contributed by atoms with van der Waals surface area (Å²) >= 11 is 0. The lowest BCUT2D eigenvalue weighted by atomic mass is 9.93. The molecule has 3 rings (SSSR count). The molecule has 2 aliphatic rings. The summed E-state index contributed by atoms with van der Waals surface area (Å²) in [5, 5.41) is 7.07. The highest BCUT2D eigenvalue weighted by Crippen LogP contribution is 2.21. The van der Waals surface area contributed by atoms with E-state index in [2.05, 4.69) is 28.8 Å². The van der Waals surface area contributed by atoms with E-state index in [1.807, 2.05) is 0 Å². The maximum absolute atomic E-state index is 3.64. The predicted molar refractivity (Wildman–Crippen MR) is 66.3 cm³/mol. The molecule has 0 atom stereocenters. The summed E-state index contributed by atoms with van der Waals surface area (Å²) in [7, 11) is 0. The van der Waals surface area contributed by atoms with Crippen molar-refractivity contribution in [2.24, 2.45) is 0 Å². The zero-order valence-corrected chi connectivity index (χ0v) is 9.76. The molecule has 1 aliphatic carbocycles. The Labute approximate surface area is 97.4 Å². The van der Waals surface area contributed by atoms with Gasteiger partial charge in [-0.2, -0.15) is 0 Å². The molecule has 1 aromatic rings. The second kappa shape index (κ2) is 4.56. The first kappa shape index (κ1) is 10.3. The van der Waals surface area contributed by atoms with Crippen LogP contribution in [0.1, 0.15) is 36.0 Å². The van der Waals surface area contributed by atoms with Crippen molar-refractivity contribution in [2.75, 3.05) is 6.54 Å². The number of hydrogen-bond donors (Lipinski definition) is 2. The van der Waals surface area contributed by atoms with Gasteiger partial charge in [0.2, 0.25) is 0 Å². The molecule has 0 amide bonds. The fourth-order valence-corrected chi connectivity index (χ4v) is 2.66. The smallest absolute Gasteiger partial charge is 0.0214 e. The molecule has 2 heteroatoms. The molecule has 1 saturated carbocycles. The zero-order valence-electron chi connectivity index (χ0n) is 9.76. The lowest BCUT2D eigenvalue weighted by molar-refractivity contribution is 0.342. The molecule has 86 valence electrons. The topological polar surface area (TPSA) is 24.1 Å². The zero-order chi connectivity index (χ0) is 10.8. The fourth-order valence-electron chi connectivity index (χ4n) is 2.66. The first-order chi connectivity index (χ1) is 7.93.